The summed E-state index contributed by atoms with van der Waals surface area (Å²) in [5.41, 5.74) is 0.835. The number of thioether (sulfide) groups is 1. The maximum atomic E-state index is 10.4. The lowest BCUT2D eigenvalue weighted by molar-refractivity contribution is 0.0714. The van der Waals surface area contributed by atoms with Crippen molar-refractivity contribution in [2.45, 2.75) is 9.59 Å². The van der Waals surface area contributed by atoms with Crippen molar-refractivity contribution in [3.8, 4) is 0 Å². The predicted octanol–water partition coefficient (Wildman–Crippen LogP) is 3.15. The number of carbonyl (C=O) groups is 2. The van der Waals surface area contributed by atoms with Crippen LogP contribution in [0.5, 0.6) is 0 Å². The summed E-state index contributed by atoms with van der Waals surface area (Å²) in [7, 11) is 0. The quantitative estimate of drug-likeness (QED) is 0.615. The van der Waals surface area contributed by atoms with Gasteiger partial charge in [-0.05, 0) is 12.1 Å². The van der Waals surface area contributed by atoms with Crippen LogP contribution in [0.3, 0.4) is 0 Å². The van der Waals surface area contributed by atoms with Crippen molar-refractivity contribution in [2.24, 2.45) is 0 Å². The minimum absolute atomic E-state index is 0.177. The molecule has 0 radical (unpaired) electrons. The highest BCUT2D eigenvalue weighted by Crippen LogP contribution is 2.32. The number of hydrogen-bond acceptors (Lipinski definition) is 7. The van der Waals surface area contributed by atoms with Gasteiger partial charge < -0.3 is 19.7 Å². The SMILES string of the molecule is O=C(O)OCC(COC(=O)O)Sc1nc2ccccc2s1. The monoisotopic (exact) mass is 329 g/mol. The maximum Gasteiger partial charge on any atom is 0.505 e. The number of fused-ring (bicyclic) bond motifs is 1. The molecule has 7 nitrogen and oxygen atoms in total. The summed E-state index contributed by atoms with van der Waals surface area (Å²) in [4.78, 5) is 25.2. The van der Waals surface area contributed by atoms with Crippen LogP contribution < -0.4 is 0 Å². The number of ether oxygens (including phenoxy) is 2. The third-order valence-corrected chi connectivity index (χ3v) is 4.60. The molecule has 0 aliphatic rings. The number of rotatable bonds is 6. The summed E-state index contributed by atoms with van der Waals surface area (Å²) >= 11 is 2.67. The van der Waals surface area contributed by atoms with E-state index in [9.17, 15) is 9.59 Å². The van der Waals surface area contributed by atoms with E-state index < -0.39 is 17.6 Å². The second kappa shape index (κ2) is 7.14. The number of thiazole rings is 1. The molecule has 21 heavy (non-hydrogen) atoms. The van der Waals surface area contributed by atoms with E-state index in [1.54, 1.807) is 0 Å². The zero-order valence-electron chi connectivity index (χ0n) is 10.6. The summed E-state index contributed by atoms with van der Waals surface area (Å²) < 4.78 is 10.7. The second-order valence-electron chi connectivity index (χ2n) is 3.84. The Balaban J connectivity index is 2.04. The van der Waals surface area contributed by atoms with Crippen LogP contribution in [0.15, 0.2) is 28.6 Å². The first-order valence-electron chi connectivity index (χ1n) is 5.78. The van der Waals surface area contributed by atoms with Crippen molar-refractivity contribution < 1.29 is 29.3 Å². The minimum atomic E-state index is -1.42. The number of aromatic nitrogens is 1. The van der Waals surface area contributed by atoms with Crippen molar-refractivity contribution >= 4 is 45.6 Å². The van der Waals surface area contributed by atoms with Crippen LogP contribution in [-0.2, 0) is 9.47 Å². The number of hydrogen-bond donors (Lipinski definition) is 2. The lowest BCUT2D eigenvalue weighted by Crippen LogP contribution is -2.22. The maximum absolute atomic E-state index is 10.4. The van der Waals surface area contributed by atoms with Crippen molar-refractivity contribution in [1.82, 2.24) is 4.98 Å². The molecule has 1 heterocycles. The largest absolute Gasteiger partial charge is 0.505 e. The van der Waals surface area contributed by atoms with E-state index in [4.69, 9.17) is 10.2 Å². The van der Waals surface area contributed by atoms with Crippen LogP contribution >= 0.6 is 23.1 Å². The van der Waals surface area contributed by atoms with E-state index in [-0.39, 0.29) is 13.2 Å². The van der Waals surface area contributed by atoms with Crippen LogP contribution in [0.25, 0.3) is 10.2 Å². The van der Waals surface area contributed by atoms with E-state index in [1.165, 1.54) is 23.1 Å². The fourth-order valence-electron chi connectivity index (χ4n) is 1.49. The molecule has 0 aliphatic carbocycles. The van der Waals surface area contributed by atoms with Gasteiger partial charge in [0.25, 0.3) is 0 Å². The van der Waals surface area contributed by atoms with E-state index in [0.29, 0.717) is 4.34 Å². The Hall–Kier alpha value is -2.00. The van der Waals surface area contributed by atoms with Crippen molar-refractivity contribution in [2.75, 3.05) is 13.2 Å². The van der Waals surface area contributed by atoms with Crippen molar-refractivity contribution in [3.05, 3.63) is 24.3 Å². The highest BCUT2D eigenvalue weighted by atomic mass is 32.2. The van der Waals surface area contributed by atoms with Gasteiger partial charge in [0.1, 0.15) is 13.2 Å². The number of para-hydroxylation sites is 1. The normalized spacial score (nSPS) is 10.7. The van der Waals surface area contributed by atoms with Gasteiger partial charge in [0, 0.05) is 0 Å². The summed E-state index contributed by atoms with van der Waals surface area (Å²) in [6.45, 7) is -0.355. The van der Waals surface area contributed by atoms with Gasteiger partial charge in [-0.15, -0.1) is 11.3 Å². The average Bonchev–Trinajstić information content (AvgIpc) is 2.83. The number of carboxylic acid groups (broad SMARTS) is 2. The van der Waals surface area contributed by atoms with E-state index in [1.807, 2.05) is 24.3 Å². The first-order valence-corrected chi connectivity index (χ1v) is 7.48. The molecule has 1 aromatic carbocycles. The molecule has 0 saturated heterocycles. The highest BCUT2D eigenvalue weighted by molar-refractivity contribution is 8.01. The second-order valence-corrected chi connectivity index (χ2v) is 6.42. The van der Waals surface area contributed by atoms with Gasteiger partial charge in [0.05, 0.1) is 15.5 Å². The summed E-state index contributed by atoms with van der Waals surface area (Å²) in [5, 5.41) is 16.5. The molecular weight excluding hydrogens is 318 g/mol. The van der Waals surface area contributed by atoms with E-state index in [0.717, 1.165) is 10.2 Å². The fraction of sp³-hybridized carbons (Fsp3) is 0.250. The first-order chi connectivity index (χ1) is 10.0. The Kier molecular flexibility index (Phi) is 5.23. The Morgan fingerprint density at radius 2 is 1.81 bits per heavy atom. The molecule has 9 heteroatoms. The molecule has 0 aliphatic heterocycles. The van der Waals surface area contributed by atoms with Gasteiger partial charge in [0.15, 0.2) is 4.34 Å². The summed E-state index contributed by atoms with van der Waals surface area (Å²) in [6.07, 6.45) is -2.83. The lowest BCUT2D eigenvalue weighted by atomic mass is 10.3. The molecule has 0 spiro atoms. The van der Waals surface area contributed by atoms with Crippen molar-refractivity contribution in [1.29, 1.82) is 0 Å². The lowest BCUT2D eigenvalue weighted by Gasteiger charge is -2.13. The Morgan fingerprint density at radius 3 is 2.38 bits per heavy atom. The average molecular weight is 329 g/mol. The van der Waals surface area contributed by atoms with Gasteiger partial charge in [0.2, 0.25) is 0 Å². The zero-order valence-corrected chi connectivity index (χ0v) is 12.2. The molecule has 0 bridgehead atoms. The Morgan fingerprint density at radius 1 is 1.19 bits per heavy atom. The van der Waals surface area contributed by atoms with E-state index in [2.05, 4.69) is 14.5 Å². The molecule has 0 amide bonds. The molecule has 0 atom stereocenters. The van der Waals surface area contributed by atoms with Crippen LogP contribution in [0.2, 0.25) is 0 Å². The molecule has 2 aromatic rings. The fourth-order valence-corrected chi connectivity index (χ4v) is 3.76. The minimum Gasteiger partial charge on any atom is -0.450 e. The topological polar surface area (TPSA) is 106 Å². The Labute approximate surface area is 127 Å². The molecule has 2 rings (SSSR count). The molecule has 0 unspecified atom stereocenters. The molecule has 1 aromatic heterocycles. The molecule has 2 N–H and O–H groups in total. The molecule has 0 fully saturated rings. The van der Waals surface area contributed by atoms with Crippen LogP contribution in [0, 0.1) is 0 Å². The van der Waals surface area contributed by atoms with E-state index >= 15 is 0 Å². The first kappa shape index (κ1) is 15.4. The van der Waals surface area contributed by atoms with Gasteiger partial charge in [-0.25, -0.2) is 14.6 Å². The van der Waals surface area contributed by atoms with Crippen LogP contribution in [0.4, 0.5) is 9.59 Å². The smallest absolute Gasteiger partial charge is 0.450 e. The number of benzene rings is 1. The summed E-state index contributed by atoms with van der Waals surface area (Å²) in [5.74, 6) is 0. The molecular formula is C12H11NO6S2. The van der Waals surface area contributed by atoms with Crippen molar-refractivity contribution in [3.63, 3.8) is 0 Å². The third-order valence-electron chi connectivity index (χ3n) is 2.33. The highest BCUT2D eigenvalue weighted by Gasteiger charge is 2.18. The van der Waals surface area contributed by atoms with Gasteiger partial charge >= 0.3 is 12.3 Å². The third kappa shape index (κ3) is 4.80. The number of nitrogens with zero attached hydrogens (tertiary/aromatic N) is 1. The summed E-state index contributed by atoms with van der Waals surface area (Å²) in [6, 6.07) is 7.56. The molecule has 0 saturated carbocycles. The van der Waals surface area contributed by atoms with Crippen LogP contribution in [0.1, 0.15) is 0 Å². The van der Waals surface area contributed by atoms with Gasteiger partial charge in [-0.1, -0.05) is 23.9 Å². The molecule has 112 valence electrons. The standard InChI is InChI=1S/C12H11NO6S2/c14-11(15)18-5-7(6-19-12(16)17)20-10-13-8-3-1-2-4-9(8)21-10/h1-4,7H,5-6H2,(H,14,15)(H,16,17). The zero-order chi connectivity index (χ0) is 15.2. The van der Waals surface area contributed by atoms with Crippen LogP contribution in [-0.4, -0.2) is 46.0 Å². The van der Waals surface area contributed by atoms with Gasteiger partial charge in [-0.3, -0.25) is 0 Å². The van der Waals surface area contributed by atoms with Gasteiger partial charge in [-0.2, -0.15) is 0 Å². The Bertz CT molecular complexity index is 592. The predicted molar refractivity (Wildman–Crippen MR) is 77.2 cm³/mol.